The summed E-state index contributed by atoms with van der Waals surface area (Å²) in [5, 5.41) is 0. The quantitative estimate of drug-likeness (QED) is 0.532. The van der Waals surface area contributed by atoms with Crippen LogP contribution < -0.4 is 9.64 Å². The lowest BCUT2D eigenvalue weighted by Gasteiger charge is -2.17. The van der Waals surface area contributed by atoms with Crippen LogP contribution >= 0.6 is 0 Å². The molecular weight excluding hydrogens is 318 g/mol. The molecule has 1 heterocycles. The summed E-state index contributed by atoms with van der Waals surface area (Å²) in [6.45, 7) is 1.97. The standard InChI is InChI=1S/C20H17NO4/c1-14-5-7-15(8-6-14)19(22)21(2)16-9-11-17(12-10-16)25-20(23)18-4-3-13-24-18/h3-13H,1-2H3. The Hall–Kier alpha value is -3.34. The van der Waals surface area contributed by atoms with Crippen molar-refractivity contribution in [2.24, 2.45) is 0 Å². The van der Waals surface area contributed by atoms with Gasteiger partial charge in [0, 0.05) is 18.3 Å². The van der Waals surface area contributed by atoms with Crippen LogP contribution in [0.1, 0.15) is 26.5 Å². The van der Waals surface area contributed by atoms with E-state index < -0.39 is 5.97 Å². The molecule has 0 aliphatic carbocycles. The van der Waals surface area contributed by atoms with Gasteiger partial charge in [-0.3, -0.25) is 4.79 Å². The number of rotatable bonds is 4. The molecule has 0 unspecified atom stereocenters. The predicted octanol–water partition coefficient (Wildman–Crippen LogP) is 4.08. The fraction of sp³-hybridized carbons (Fsp3) is 0.100. The molecule has 0 atom stereocenters. The molecule has 0 saturated heterocycles. The van der Waals surface area contributed by atoms with Crippen LogP contribution in [-0.2, 0) is 0 Å². The Bertz CT molecular complexity index is 865. The van der Waals surface area contributed by atoms with Crippen LogP contribution in [0.15, 0.2) is 71.3 Å². The van der Waals surface area contributed by atoms with Gasteiger partial charge in [-0.1, -0.05) is 17.7 Å². The molecule has 0 spiro atoms. The molecule has 5 heteroatoms. The second kappa shape index (κ2) is 7.05. The normalized spacial score (nSPS) is 10.3. The van der Waals surface area contributed by atoms with Gasteiger partial charge in [-0.05, 0) is 55.5 Å². The van der Waals surface area contributed by atoms with Crippen LogP contribution in [0.25, 0.3) is 0 Å². The third-order valence-corrected chi connectivity index (χ3v) is 3.76. The van der Waals surface area contributed by atoms with E-state index in [0.717, 1.165) is 5.56 Å². The number of ether oxygens (including phenoxy) is 1. The van der Waals surface area contributed by atoms with E-state index in [1.807, 2.05) is 19.1 Å². The number of amides is 1. The minimum atomic E-state index is -0.568. The van der Waals surface area contributed by atoms with Gasteiger partial charge in [0.05, 0.1) is 6.26 Å². The number of benzene rings is 2. The fourth-order valence-electron chi connectivity index (χ4n) is 2.30. The van der Waals surface area contributed by atoms with Crippen molar-refractivity contribution in [3.8, 4) is 5.75 Å². The van der Waals surface area contributed by atoms with Crippen molar-refractivity contribution < 1.29 is 18.7 Å². The summed E-state index contributed by atoms with van der Waals surface area (Å²) in [4.78, 5) is 25.9. The molecule has 126 valence electrons. The molecular formula is C20H17NO4. The van der Waals surface area contributed by atoms with E-state index in [2.05, 4.69) is 0 Å². The van der Waals surface area contributed by atoms with Gasteiger partial charge in [0.25, 0.3) is 5.91 Å². The average Bonchev–Trinajstić information content (AvgIpc) is 3.17. The Morgan fingerprint density at radius 3 is 2.24 bits per heavy atom. The van der Waals surface area contributed by atoms with Gasteiger partial charge in [0.1, 0.15) is 5.75 Å². The first-order valence-electron chi connectivity index (χ1n) is 7.75. The Kier molecular flexibility index (Phi) is 4.66. The number of esters is 1. The Morgan fingerprint density at radius 1 is 0.960 bits per heavy atom. The van der Waals surface area contributed by atoms with Gasteiger partial charge in [0.2, 0.25) is 5.76 Å². The predicted molar refractivity (Wildman–Crippen MR) is 94.0 cm³/mol. The van der Waals surface area contributed by atoms with Crippen LogP contribution in [0, 0.1) is 6.92 Å². The van der Waals surface area contributed by atoms with Crippen LogP contribution in [0.5, 0.6) is 5.75 Å². The smallest absolute Gasteiger partial charge is 0.379 e. The second-order valence-corrected chi connectivity index (χ2v) is 5.59. The molecule has 0 aliphatic heterocycles. The summed E-state index contributed by atoms with van der Waals surface area (Å²) in [6.07, 6.45) is 1.41. The average molecular weight is 335 g/mol. The number of furan rings is 1. The van der Waals surface area contributed by atoms with Gasteiger partial charge in [0.15, 0.2) is 0 Å². The summed E-state index contributed by atoms with van der Waals surface area (Å²) in [5.74, 6) is -0.167. The highest BCUT2D eigenvalue weighted by Crippen LogP contribution is 2.21. The molecule has 0 saturated carbocycles. The second-order valence-electron chi connectivity index (χ2n) is 5.59. The molecule has 0 bridgehead atoms. The molecule has 0 aliphatic rings. The third kappa shape index (κ3) is 3.77. The zero-order valence-corrected chi connectivity index (χ0v) is 13.9. The number of aryl methyl sites for hydroxylation is 1. The number of anilines is 1. The molecule has 0 N–H and O–H groups in total. The van der Waals surface area contributed by atoms with E-state index in [1.165, 1.54) is 12.3 Å². The first-order chi connectivity index (χ1) is 12.0. The van der Waals surface area contributed by atoms with Gasteiger partial charge in [-0.2, -0.15) is 0 Å². The minimum Gasteiger partial charge on any atom is -0.457 e. The number of nitrogens with zero attached hydrogens (tertiary/aromatic N) is 1. The van der Waals surface area contributed by atoms with Crippen LogP contribution in [-0.4, -0.2) is 18.9 Å². The summed E-state index contributed by atoms with van der Waals surface area (Å²) in [5.41, 5.74) is 2.41. The highest BCUT2D eigenvalue weighted by Gasteiger charge is 2.15. The number of hydrogen-bond donors (Lipinski definition) is 0. The minimum absolute atomic E-state index is 0.111. The highest BCUT2D eigenvalue weighted by atomic mass is 16.5. The monoisotopic (exact) mass is 335 g/mol. The maximum atomic E-state index is 12.5. The lowest BCUT2D eigenvalue weighted by atomic mass is 10.1. The maximum Gasteiger partial charge on any atom is 0.379 e. The van der Waals surface area contributed by atoms with E-state index in [9.17, 15) is 9.59 Å². The topological polar surface area (TPSA) is 59.8 Å². The first kappa shape index (κ1) is 16.5. The van der Waals surface area contributed by atoms with Crippen molar-refractivity contribution in [3.63, 3.8) is 0 Å². The molecule has 0 fully saturated rings. The zero-order valence-electron chi connectivity index (χ0n) is 13.9. The molecule has 1 amide bonds. The van der Waals surface area contributed by atoms with Crippen molar-refractivity contribution in [3.05, 3.63) is 83.8 Å². The van der Waals surface area contributed by atoms with E-state index in [0.29, 0.717) is 17.0 Å². The maximum absolute atomic E-state index is 12.5. The van der Waals surface area contributed by atoms with Crippen LogP contribution in [0.4, 0.5) is 5.69 Å². The SMILES string of the molecule is Cc1ccc(C(=O)N(C)c2ccc(OC(=O)c3ccco3)cc2)cc1. The lowest BCUT2D eigenvalue weighted by Crippen LogP contribution is -2.26. The molecule has 0 radical (unpaired) electrons. The molecule has 25 heavy (non-hydrogen) atoms. The summed E-state index contributed by atoms with van der Waals surface area (Å²) in [7, 11) is 1.70. The van der Waals surface area contributed by atoms with Crippen molar-refractivity contribution in [1.82, 2.24) is 0 Å². The summed E-state index contributed by atoms with van der Waals surface area (Å²) >= 11 is 0. The van der Waals surface area contributed by atoms with Gasteiger partial charge < -0.3 is 14.1 Å². The Balaban J connectivity index is 1.70. The number of carbonyl (C=O) groups excluding carboxylic acids is 2. The number of carbonyl (C=O) groups is 2. The van der Waals surface area contributed by atoms with Gasteiger partial charge >= 0.3 is 5.97 Å². The Labute approximate surface area is 145 Å². The number of hydrogen-bond acceptors (Lipinski definition) is 4. The highest BCUT2D eigenvalue weighted by molar-refractivity contribution is 6.05. The van der Waals surface area contributed by atoms with Crippen LogP contribution in [0.3, 0.4) is 0 Å². The zero-order chi connectivity index (χ0) is 17.8. The van der Waals surface area contributed by atoms with Gasteiger partial charge in [-0.15, -0.1) is 0 Å². The first-order valence-corrected chi connectivity index (χ1v) is 7.75. The third-order valence-electron chi connectivity index (χ3n) is 3.76. The molecule has 2 aromatic carbocycles. The van der Waals surface area contributed by atoms with Crippen LogP contribution in [0.2, 0.25) is 0 Å². The summed E-state index contributed by atoms with van der Waals surface area (Å²) < 4.78 is 10.2. The van der Waals surface area contributed by atoms with Crippen molar-refractivity contribution in [2.45, 2.75) is 6.92 Å². The largest absolute Gasteiger partial charge is 0.457 e. The van der Waals surface area contributed by atoms with Crippen molar-refractivity contribution in [1.29, 1.82) is 0 Å². The molecule has 1 aromatic heterocycles. The van der Waals surface area contributed by atoms with E-state index in [4.69, 9.17) is 9.15 Å². The lowest BCUT2D eigenvalue weighted by molar-refractivity contribution is 0.0701. The van der Waals surface area contributed by atoms with E-state index in [1.54, 1.807) is 54.4 Å². The van der Waals surface area contributed by atoms with E-state index >= 15 is 0 Å². The Morgan fingerprint density at radius 2 is 1.64 bits per heavy atom. The van der Waals surface area contributed by atoms with Crippen molar-refractivity contribution >= 4 is 17.6 Å². The van der Waals surface area contributed by atoms with Crippen molar-refractivity contribution in [2.75, 3.05) is 11.9 Å². The molecule has 3 rings (SSSR count). The van der Waals surface area contributed by atoms with E-state index in [-0.39, 0.29) is 11.7 Å². The summed E-state index contributed by atoms with van der Waals surface area (Å²) in [6, 6.07) is 17.3. The van der Waals surface area contributed by atoms with Gasteiger partial charge in [-0.25, -0.2) is 4.79 Å². The molecule has 5 nitrogen and oxygen atoms in total. The molecule has 3 aromatic rings. The fourth-order valence-corrected chi connectivity index (χ4v) is 2.30.